The number of rotatable bonds is 7. The van der Waals surface area contributed by atoms with Gasteiger partial charge in [0.1, 0.15) is 5.75 Å². The van der Waals surface area contributed by atoms with Crippen LogP contribution in [0.5, 0.6) is 5.75 Å². The first-order chi connectivity index (χ1) is 17.6. The number of amides is 1. The number of likely N-dealkylation sites (N-methyl/N-ethyl adjacent to an activating group) is 1. The maximum atomic E-state index is 13.0. The van der Waals surface area contributed by atoms with Gasteiger partial charge < -0.3 is 10.1 Å². The number of hydrogen-bond donors (Lipinski definition) is 1. The molecule has 1 aliphatic heterocycles. The van der Waals surface area contributed by atoms with Gasteiger partial charge in [0.15, 0.2) is 6.20 Å². The standard InChI is InChI=1S/C26H26F3N5O3/c1-3-32-13-15-33(16-14-32)34(36)24-12-9-20(17-30-24)31-25(35)23-6-4-5-22(18(23)2)19-7-10-21(11-8-19)37-26(27,28)29/h4-12,17H,3,13-16H2,1-2H3/p+1. The summed E-state index contributed by atoms with van der Waals surface area (Å²) in [5.74, 6) is -0.460. The molecule has 1 aliphatic rings. The van der Waals surface area contributed by atoms with Crippen molar-refractivity contribution in [1.82, 2.24) is 14.9 Å². The lowest BCUT2D eigenvalue weighted by atomic mass is 9.96. The second-order valence-corrected chi connectivity index (χ2v) is 8.57. The average molecular weight is 515 g/mol. The Morgan fingerprint density at radius 2 is 1.76 bits per heavy atom. The second-order valence-electron chi connectivity index (χ2n) is 8.57. The monoisotopic (exact) mass is 514 g/mol. The second kappa shape index (κ2) is 11.0. The van der Waals surface area contributed by atoms with Crippen molar-refractivity contribution in [3.05, 3.63) is 76.8 Å². The predicted molar refractivity (Wildman–Crippen MR) is 132 cm³/mol. The number of halogens is 3. The molecule has 0 unspecified atom stereocenters. The normalized spacial score (nSPS) is 14.4. The topological polar surface area (TPSA) is 77.8 Å². The van der Waals surface area contributed by atoms with Gasteiger partial charge in [-0.2, -0.15) is 0 Å². The smallest absolute Gasteiger partial charge is 0.406 e. The van der Waals surface area contributed by atoms with Crippen molar-refractivity contribution in [2.24, 2.45) is 0 Å². The molecule has 37 heavy (non-hydrogen) atoms. The Hall–Kier alpha value is -3.99. The summed E-state index contributed by atoms with van der Waals surface area (Å²) < 4.78 is 41.2. The summed E-state index contributed by atoms with van der Waals surface area (Å²) in [5.41, 5.74) is 2.83. The third kappa shape index (κ3) is 6.42. The summed E-state index contributed by atoms with van der Waals surface area (Å²) in [6.45, 7) is 7.66. The van der Waals surface area contributed by atoms with E-state index in [1.165, 1.54) is 30.5 Å². The van der Waals surface area contributed by atoms with E-state index in [1.807, 2.05) is 0 Å². The fraction of sp³-hybridized carbons (Fsp3) is 0.308. The van der Waals surface area contributed by atoms with Crippen molar-refractivity contribution in [3.63, 3.8) is 0 Å². The molecule has 1 aromatic heterocycles. The molecule has 0 atom stereocenters. The molecule has 1 N–H and O–H groups in total. The van der Waals surface area contributed by atoms with Crippen LogP contribution in [0, 0.1) is 11.8 Å². The predicted octanol–water partition coefficient (Wildman–Crippen LogP) is 5.17. The van der Waals surface area contributed by atoms with Crippen LogP contribution < -0.4 is 10.1 Å². The molecule has 0 bridgehead atoms. The lowest BCUT2D eigenvalue weighted by molar-refractivity contribution is -0.646. The minimum absolute atomic E-state index is 0.235. The summed E-state index contributed by atoms with van der Waals surface area (Å²) >= 11 is 0. The van der Waals surface area contributed by atoms with Crippen molar-refractivity contribution < 1.29 is 27.6 Å². The Kier molecular flexibility index (Phi) is 7.72. The van der Waals surface area contributed by atoms with Crippen molar-refractivity contribution in [2.75, 3.05) is 38.0 Å². The average Bonchev–Trinajstić information content (AvgIpc) is 2.88. The van der Waals surface area contributed by atoms with E-state index in [0.717, 1.165) is 24.5 Å². The van der Waals surface area contributed by atoms with Crippen LogP contribution in [0.15, 0.2) is 60.8 Å². The number of pyridine rings is 1. The highest BCUT2D eigenvalue weighted by Gasteiger charge is 2.31. The van der Waals surface area contributed by atoms with E-state index in [4.69, 9.17) is 0 Å². The molecule has 1 fully saturated rings. The molecule has 1 saturated heterocycles. The molecule has 8 nitrogen and oxygen atoms in total. The number of nitrogens with one attached hydrogen (secondary N) is 1. The molecular formula is C26H27F3N5O3+. The molecule has 11 heteroatoms. The Morgan fingerprint density at radius 1 is 1.05 bits per heavy atom. The summed E-state index contributed by atoms with van der Waals surface area (Å²) in [5, 5.41) is 4.48. The van der Waals surface area contributed by atoms with E-state index >= 15 is 0 Å². The highest BCUT2D eigenvalue weighted by molar-refractivity contribution is 6.06. The van der Waals surface area contributed by atoms with Gasteiger partial charge in [-0.15, -0.1) is 13.2 Å². The lowest BCUT2D eigenvalue weighted by Crippen LogP contribution is -2.48. The van der Waals surface area contributed by atoms with Crippen LogP contribution in [0.2, 0.25) is 0 Å². The number of anilines is 1. The highest BCUT2D eigenvalue weighted by Crippen LogP contribution is 2.30. The van der Waals surface area contributed by atoms with Gasteiger partial charge >= 0.3 is 12.2 Å². The Labute approximate surface area is 212 Å². The Bertz CT molecular complexity index is 1260. The Morgan fingerprint density at radius 3 is 2.35 bits per heavy atom. The molecule has 4 rings (SSSR count). The highest BCUT2D eigenvalue weighted by atomic mass is 19.4. The number of aromatic nitrogens is 1. The van der Waals surface area contributed by atoms with Crippen LogP contribution in [0.25, 0.3) is 11.1 Å². The molecule has 194 valence electrons. The number of hydrogen-bond acceptors (Lipinski definition) is 5. The summed E-state index contributed by atoms with van der Waals surface area (Å²) in [4.78, 5) is 32.9. The fourth-order valence-electron chi connectivity index (χ4n) is 4.18. The van der Waals surface area contributed by atoms with E-state index in [0.29, 0.717) is 41.0 Å². The van der Waals surface area contributed by atoms with Gasteiger partial charge in [-0.1, -0.05) is 31.2 Å². The lowest BCUT2D eigenvalue weighted by Gasteiger charge is -2.30. The molecule has 0 saturated carbocycles. The molecule has 1 amide bonds. The third-order valence-corrected chi connectivity index (χ3v) is 6.23. The Balaban J connectivity index is 1.43. The molecule has 2 heterocycles. The third-order valence-electron chi connectivity index (χ3n) is 6.23. The van der Waals surface area contributed by atoms with Gasteiger partial charge in [0.25, 0.3) is 5.91 Å². The molecule has 2 aromatic carbocycles. The molecule has 0 spiro atoms. The number of carbonyl (C=O) groups excluding carboxylic acids is 1. The van der Waals surface area contributed by atoms with Gasteiger partial charge in [0.2, 0.25) is 0 Å². The number of piperazine rings is 1. The number of nitrogens with zero attached hydrogens (tertiary/aromatic N) is 4. The minimum Gasteiger partial charge on any atom is -0.406 e. The van der Waals surface area contributed by atoms with Crippen molar-refractivity contribution in [2.45, 2.75) is 20.2 Å². The maximum absolute atomic E-state index is 13.0. The number of hydrazine groups is 1. The van der Waals surface area contributed by atoms with E-state index in [-0.39, 0.29) is 17.5 Å². The number of carbonyl (C=O) groups is 1. The van der Waals surface area contributed by atoms with E-state index in [2.05, 4.69) is 26.9 Å². The summed E-state index contributed by atoms with van der Waals surface area (Å²) in [6, 6.07) is 13.8. The van der Waals surface area contributed by atoms with Gasteiger partial charge in [0, 0.05) is 24.7 Å². The summed E-state index contributed by atoms with van der Waals surface area (Å²) in [7, 11) is 0. The van der Waals surface area contributed by atoms with Gasteiger partial charge in [-0.3, -0.25) is 9.69 Å². The fourth-order valence-corrected chi connectivity index (χ4v) is 4.18. The zero-order valence-corrected chi connectivity index (χ0v) is 20.5. The first kappa shape index (κ1) is 26.1. The zero-order valence-electron chi connectivity index (χ0n) is 20.5. The van der Waals surface area contributed by atoms with Crippen LogP contribution in [0.4, 0.5) is 24.7 Å². The van der Waals surface area contributed by atoms with Gasteiger partial charge in [0.05, 0.1) is 23.6 Å². The van der Waals surface area contributed by atoms with E-state index in [9.17, 15) is 22.9 Å². The summed E-state index contributed by atoms with van der Waals surface area (Å²) in [6.07, 6.45) is -3.34. The van der Waals surface area contributed by atoms with Gasteiger partial charge in [-0.05, 0) is 64.3 Å². The number of benzene rings is 2. The number of ether oxygens (including phenoxy) is 1. The van der Waals surface area contributed by atoms with Crippen LogP contribution >= 0.6 is 0 Å². The van der Waals surface area contributed by atoms with Crippen LogP contribution in [-0.2, 0) is 0 Å². The molecule has 3 aromatic rings. The van der Waals surface area contributed by atoms with Crippen molar-refractivity contribution in [3.8, 4) is 16.9 Å². The number of nitroso groups, excluding NO2 is 1. The van der Waals surface area contributed by atoms with Crippen LogP contribution in [0.1, 0.15) is 22.8 Å². The van der Waals surface area contributed by atoms with Crippen molar-refractivity contribution in [1.29, 1.82) is 0 Å². The van der Waals surface area contributed by atoms with Crippen LogP contribution in [-0.4, -0.2) is 64.8 Å². The van der Waals surface area contributed by atoms with E-state index in [1.54, 1.807) is 42.3 Å². The maximum Gasteiger partial charge on any atom is 0.573 e. The molecule has 0 aliphatic carbocycles. The first-order valence-electron chi connectivity index (χ1n) is 11.8. The van der Waals surface area contributed by atoms with Crippen LogP contribution in [0.3, 0.4) is 0 Å². The quantitative estimate of drug-likeness (QED) is 0.439. The molecular weight excluding hydrogens is 487 g/mol. The van der Waals surface area contributed by atoms with E-state index < -0.39 is 6.36 Å². The SMILES string of the molecule is CCN1CCN([N+](=O)c2ccc(NC(=O)c3cccc(-c4ccc(OC(F)(F)F)cc4)c3C)cn2)CC1. The minimum atomic E-state index is -4.77. The largest absolute Gasteiger partial charge is 0.573 e. The zero-order chi connectivity index (χ0) is 26.6. The number of alkyl halides is 3. The van der Waals surface area contributed by atoms with Crippen molar-refractivity contribution >= 4 is 17.4 Å². The molecule has 0 radical (unpaired) electrons. The van der Waals surface area contributed by atoms with Gasteiger partial charge in [-0.25, -0.2) is 5.01 Å². The first-order valence-corrected chi connectivity index (χ1v) is 11.8.